The Labute approximate surface area is 95.4 Å². The quantitative estimate of drug-likeness (QED) is 0.747. The lowest BCUT2D eigenvalue weighted by molar-refractivity contribution is 0.737. The Kier molecular flexibility index (Phi) is 2.29. The highest BCUT2D eigenvalue weighted by molar-refractivity contribution is 5.87. The van der Waals surface area contributed by atoms with Crippen molar-refractivity contribution in [1.29, 1.82) is 0 Å². The van der Waals surface area contributed by atoms with Crippen LogP contribution in [0.4, 0.5) is 0 Å². The van der Waals surface area contributed by atoms with Crippen LogP contribution < -0.4 is 5.32 Å². The third-order valence-electron chi connectivity index (χ3n) is 3.27. The van der Waals surface area contributed by atoms with Crippen LogP contribution in [0.15, 0.2) is 30.3 Å². The van der Waals surface area contributed by atoms with Crippen molar-refractivity contribution in [1.82, 2.24) is 10.3 Å². The van der Waals surface area contributed by atoms with Gasteiger partial charge in [-0.3, -0.25) is 0 Å². The minimum atomic E-state index is 0.990. The molecule has 1 aromatic heterocycles. The van der Waals surface area contributed by atoms with Gasteiger partial charge in [0, 0.05) is 23.1 Å². The topological polar surface area (TPSA) is 27.8 Å². The molecule has 0 aliphatic carbocycles. The fourth-order valence-corrected chi connectivity index (χ4v) is 2.35. The van der Waals surface area contributed by atoms with Crippen LogP contribution >= 0.6 is 0 Å². The first-order valence-corrected chi connectivity index (χ1v) is 5.83. The van der Waals surface area contributed by atoms with Crippen LogP contribution in [0, 0.1) is 6.92 Å². The Bertz CT molecular complexity index is 549. The monoisotopic (exact) mass is 212 g/mol. The molecular formula is C14H16N2. The van der Waals surface area contributed by atoms with Crippen molar-refractivity contribution in [3.8, 4) is 0 Å². The Balaban J connectivity index is 2.11. The highest BCUT2D eigenvalue weighted by Gasteiger charge is 2.09. The second-order valence-corrected chi connectivity index (χ2v) is 4.41. The average molecular weight is 212 g/mol. The number of rotatable bonds is 1. The van der Waals surface area contributed by atoms with Gasteiger partial charge in [-0.05, 0) is 37.1 Å². The van der Waals surface area contributed by atoms with Gasteiger partial charge in [-0.15, -0.1) is 0 Å². The van der Waals surface area contributed by atoms with Gasteiger partial charge in [-0.1, -0.05) is 24.3 Å². The Morgan fingerprint density at radius 3 is 2.94 bits per heavy atom. The fourth-order valence-electron chi connectivity index (χ4n) is 2.35. The summed E-state index contributed by atoms with van der Waals surface area (Å²) in [6.45, 7) is 4.23. The molecule has 1 aliphatic heterocycles. The van der Waals surface area contributed by atoms with Crippen LogP contribution in [-0.4, -0.2) is 18.1 Å². The van der Waals surface area contributed by atoms with Crippen molar-refractivity contribution < 1.29 is 0 Å². The zero-order valence-electron chi connectivity index (χ0n) is 9.51. The van der Waals surface area contributed by atoms with Gasteiger partial charge in [0.25, 0.3) is 0 Å². The minimum Gasteiger partial charge on any atom is -0.355 e. The second kappa shape index (κ2) is 3.80. The lowest BCUT2D eigenvalue weighted by Crippen LogP contribution is -2.20. The lowest BCUT2D eigenvalue weighted by atomic mass is 10.1. The van der Waals surface area contributed by atoms with Crippen LogP contribution in [0.2, 0.25) is 0 Å². The molecule has 1 aromatic carbocycles. The van der Waals surface area contributed by atoms with Crippen molar-refractivity contribution in [2.24, 2.45) is 0 Å². The van der Waals surface area contributed by atoms with E-state index >= 15 is 0 Å². The lowest BCUT2D eigenvalue weighted by Gasteiger charge is -2.12. The molecule has 2 heteroatoms. The van der Waals surface area contributed by atoms with Gasteiger partial charge < -0.3 is 10.3 Å². The number of para-hydroxylation sites is 1. The summed E-state index contributed by atoms with van der Waals surface area (Å²) in [6.07, 6.45) is 3.40. The van der Waals surface area contributed by atoms with E-state index in [-0.39, 0.29) is 0 Å². The maximum Gasteiger partial charge on any atom is 0.0488 e. The fraction of sp³-hybridized carbons (Fsp3) is 0.286. The SMILES string of the molecule is Cc1cccc2cc(C3=CCNCC3)[nH]c12. The molecule has 0 bridgehead atoms. The van der Waals surface area contributed by atoms with Gasteiger partial charge in [0.2, 0.25) is 0 Å². The normalized spacial score (nSPS) is 16.4. The number of benzene rings is 1. The van der Waals surface area contributed by atoms with Gasteiger partial charge >= 0.3 is 0 Å². The Hall–Kier alpha value is -1.54. The standard InChI is InChI=1S/C14H16N2/c1-10-3-2-4-12-9-13(16-14(10)12)11-5-7-15-8-6-11/h2-5,9,15-16H,6-8H2,1H3. The molecule has 0 fully saturated rings. The number of aromatic nitrogens is 1. The maximum absolute atomic E-state index is 3.54. The first-order chi connectivity index (χ1) is 7.84. The number of nitrogens with one attached hydrogen (secondary N) is 2. The van der Waals surface area contributed by atoms with Gasteiger partial charge in [0.05, 0.1) is 0 Å². The molecule has 16 heavy (non-hydrogen) atoms. The number of hydrogen-bond donors (Lipinski definition) is 2. The predicted molar refractivity (Wildman–Crippen MR) is 68.5 cm³/mol. The Morgan fingerprint density at radius 2 is 2.19 bits per heavy atom. The van der Waals surface area contributed by atoms with Crippen LogP contribution in [0.1, 0.15) is 17.7 Å². The van der Waals surface area contributed by atoms with Crippen molar-refractivity contribution >= 4 is 16.5 Å². The number of fused-ring (bicyclic) bond motifs is 1. The van der Waals surface area contributed by atoms with E-state index in [1.165, 1.54) is 27.7 Å². The summed E-state index contributed by atoms with van der Waals surface area (Å²) in [5.74, 6) is 0. The van der Waals surface area contributed by atoms with E-state index in [4.69, 9.17) is 0 Å². The van der Waals surface area contributed by atoms with Crippen molar-refractivity contribution in [2.75, 3.05) is 13.1 Å². The molecule has 2 aromatic rings. The highest BCUT2D eigenvalue weighted by atomic mass is 14.9. The smallest absolute Gasteiger partial charge is 0.0488 e. The average Bonchev–Trinajstić information content (AvgIpc) is 2.76. The third kappa shape index (κ3) is 1.55. The molecule has 0 spiro atoms. The molecule has 1 aliphatic rings. The first-order valence-electron chi connectivity index (χ1n) is 5.83. The number of aryl methyl sites for hydroxylation is 1. The highest BCUT2D eigenvalue weighted by Crippen LogP contribution is 2.25. The van der Waals surface area contributed by atoms with Crippen molar-refractivity contribution in [2.45, 2.75) is 13.3 Å². The van der Waals surface area contributed by atoms with Crippen molar-refractivity contribution in [3.63, 3.8) is 0 Å². The molecule has 2 heterocycles. The molecule has 0 radical (unpaired) electrons. The van der Waals surface area contributed by atoms with Crippen LogP contribution in [-0.2, 0) is 0 Å². The molecule has 0 unspecified atom stereocenters. The second-order valence-electron chi connectivity index (χ2n) is 4.41. The van der Waals surface area contributed by atoms with Crippen LogP contribution in [0.5, 0.6) is 0 Å². The summed E-state index contributed by atoms with van der Waals surface area (Å²) in [7, 11) is 0. The van der Waals surface area contributed by atoms with Gasteiger partial charge in [-0.2, -0.15) is 0 Å². The van der Waals surface area contributed by atoms with Crippen molar-refractivity contribution in [3.05, 3.63) is 41.6 Å². The van der Waals surface area contributed by atoms with E-state index in [0.29, 0.717) is 0 Å². The maximum atomic E-state index is 3.54. The number of aromatic amines is 1. The Morgan fingerprint density at radius 1 is 1.25 bits per heavy atom. The number of H-pyrrole nitrogens is 1. The zero-order valence-corrected chi connectivity index (χ0v) is 9.51. The molecule has 2 nitrogen and oxygen atoms in total. The predicted octanol–water partition coefficient (Wildman–Crippen LogP) is 2.85. The zero-order chi connectivity index (χ0) is 11.0. The van der Waals surface area contributed by atoms with Crippen LogP contribution in [0.25, 0.3) is 16.5 Å². The van der Waals surface area contributed by atoms with Gasteiger partial charge in [0.1, 0.15) is 0 Å². The molecule has 2 N–H and O–H groups in total. The summed E-state index contributed by atoms with van der Waals surface area (Å²) in [5.41, 5.74) is 5.32. The first kappa shape index (κ1) is 9.67. The summed E-state index contributed by atoms with van der Waals surface area (Å²) in [5, 5.41) is 4.65. The van der Waals surface area contributed by atoms with E-state index in [9.17, 15) is 0 Å². The number of hydrogen-bond acceptors (Lipinski definition) is 1. The summed E-state index contributed by atoms with van der Waals surface area (Å²) in [4.78, 5) is 3.54. The summed E-state index contributed by atoms with van der Waals surface area (Å²) in [6, 6.07) is 8.70. The minimum absolute atomic E-state index is 0.990. The summed E-state index contributed by atoms with van der Waals surface area (Å²) < 4.78 is 0. The third-order valence-corrected chi connectivity index (χ3v) is 3.27. The molecule has 82 valence electrons. The van der Waals surface area contributed by atoms with E-state index in [1.807, 2.05) is 0 Å². The molecular weight excluding hydrogens is 196 g/mol. The van der Waals surface area contributed by atoms with E-state index in [0.717, 1.165) is 19.5 Å². The largest absolute Gasteiger partial charge is 0.355 e. The van der Waals surface area contributed by atoms with E-state index < -0.39 is 0 Å². The molecule has 0 atom stereocenters. The molecule has 0 saturated heterocycles. The van der Waals surface area contributed by atoms with Gasteiger partial charge in [0.15, 0.2) is 0 Å². The molecule has 0 saturated carbocycles. The van der Waals surface area contributed by atoms with Crippen LogP contribution in [0.3, 0.4) is 0 Å². The van der Waals surface area contributed by atoms with E-state index in [1.54, 1.807) is 0 Å². The summed E-state index contributed by atoms with van der Waals surface area (Å²) >= 11 is 0. The molecule has 3 rings (SSSR count). The van der Waals surface area contributed by atoms with E-state index in [2.05, 4.69) is 47.6 Å². The molecule has 0 amide bonds. The van der Waals surface area contributed by atoms with Gasteiger partial charge in [-0.25, -0.2) is 0 Å².